The number of rotatable bonds is 1. The first-order valence-electron chi connectivity index (χ1n) is 5.62. The minimum absolute atomic E-state index is 0.00249. The number of hydrogen-bond acceptors (Lipinski definition) is 4. The van der Waals surface area contributed by atoms with Crippen LogP contribution in [-0.2, 0) is 0 Å². The number of pyridine rings is 1. The van der Waals surface area contributed by atoms with Crippen molar-refractivity contribution in [3.63, 3.8) is 0 Å². The summed E-state index contributed by atoms with van der Waals surface area (Å²) in [5.41, 5.74) is -0.00249. The number of hydrogen-bond donors (Lipinski definition) is 0. The summed E-state index contributed by atoms with van der Waals surface area (Å²) >= 11 is 11.4. The molecule has 0 spiro atoms. The molecule has 0 radical (unpaired) electrons. The van der Waals surface area contributed by atoms with Gasteiger partial charge < -0.3 is 4.90 Å². The molecule has 0 N–H and O–H groups in total. The van der Waals surface area contributed by atoms with E-state index in [1.807, 2.05) is 0 Å². The molecule has 0 saturated carbocycles. The van der Waals surface area contributed by atoms with Gasteiger partial charge in [0.1, 0.15) is 17.5 Å². The molecule has 2 aromatic heterocycles. The van der Waals surface area contributed by atoms with E-state index < -0.39 is 12.0 Å². The molecule has 0 aromatic carbocycles. The topological polar surface area (TPSA) is 41.9 Å². The van der Waals surface area contributed by atoms with Crippen molar-refractivity contribution in [1.82, 2.24) is 15.0 Å². The Balaban J connectivity index is 2.21. The summed E-state index contributed by atoms with van der Waals surface area (Å²) in [6.45, 7) is 0.695. The smallest absolute Gasteiger partial charge is 0.225 e. The third-order valence-electron chi connectivity index (χ3n) is 3.02. The molecule has 8 heteroatoms. The Bertz CT molecular complexity index is 652. The monoisotopic (exact) mass is 304 g/mol. The van der Waals surface area contributed by atoms with Crippen molar-refractivity contribution in [1.29, 1.82) is 0 Å². The zero-order valence-corrected chi connectivity index (χ0v) is 11.1. The minimum Gasteiger partial charge on any atom is -0.353 e. The van der Waals surface area contributed by atoms with Gasteiger partial charge >= 0.3 is 0 Å². The minimum atomic E-state index is -0.922. The van der Waals surface area contributed by atoms with Crippen molar-refractivity contribution in [3.05, 3.63) is 22.5 Å². The second-order valence-corrected chi connectivity index (χ2v) is 4.97. The quantitative estimate of drug-likeness (QED) is 0.600. The van der Waals surface area contributed by atoms with Gasteiger partial charge in [0.25, 0.3) is 0 Å². The molecule has 1 aliphatic heterocycles. The maximum absolute atomic E-state index is 13.9. The predicted octanol–water partition coefficient (Wildman–Crippen LogP) is 3.02. The molecular weight excluding hydrogens is 297 g/mol. The van der Waals surface area contributed by atoms with Crippen molar-refractivity contribution >= 4 is 39.9 Å². The van der Waals surface area contributed by atoms with Gasteiger partial charge in [-0.25, -0.2) is 18.7 Å². The van der Waals surface area contributed by atoms with E-state index in [2.05, 4.69) is 15.0 Å². The van der Waals surface area contributed by atoms with E-state index in [1.165, 1.54) is 6.20 Å². The summed E-state index contributed by atoms with van der Waals surface area (Å²) in [6, 6.07) is 0. The van der Waals surface area contributed by atoms with Crippen LogP contribution in [0.3, 0.4) is 0 Å². The number of halogens is 4. The summed E-state index contributed by atoms with van der Waals surface area (Å²) in [5, 5.41) is -0.00983. The van der Waals surface area contributed by atoms with E-state index in [0.29, 0.717) is 24.2 Å². The van der Waals surface area contributed by atoms with Gasteiger partial charge in [0, 0.05) is 12.7 Å². The summed E-state index contributed by atoms with van der Waals surface area (Å²) in [6.07, 6.45) is 0.860. The predicted molar refractivity (Wildman–Crippen MR) is 69.0 cm³/mol. The van der Waals surface area contributed by atoms with E-state index >= 15 is 0 Å². The second kappa shape index (κ2) is 4.68. The fraction of sp³-hybridized carbons (Fsp3) is 0.364. The third-order valence-corrected chi connectivity index (χ3v) is 3.46. The number of fused-ring (bicyclic) bond motifs is 1. The highest BCUT2D eigenvalue weighted by Gasteiger charge is 2.26. The molecule has 0 bridgehead atoms. The second-order valence-electron chi connectivity index (χ2n) is 4.27. The van der Waals surface area contributed by atoms with Crippen LogP contribution < -0.4 is 4.90 Å². The molecule has 2 aromatic rings. The molecule has 1 atom stereocenters. The molecule has 1 saturated heterocycles. The fourth-order valence-electron chi connectivity index (χ4n) is 2.14. The third kappa shape index (κ3) is 2.19. The Morgan fingerprint density at radius 2 is 2.11 bits per heavy atom. The zero-order valence-electron chi connectivity index (χ0n) is 9.58. The summed E-state index contributed by atoms with van der Waals surface area (Å²) in [4.78, 5) is 13.3. The highest BCUT2D eigenvalue weighted by molar-refractivity contribution is 6.30. The number of nitrogens with zero attached hydrogens (tertiary/aromatic N) is 4. The van der Waals surface area contributed by atoms with Crippen molar-refractivity contribution in [2.75, 3.05) is 18.0 Å². The van der Waals surface area contributed by atoms with Gasteiger partial charge in [-0.05, 0) is 18.0 Å². The van der Waals surface area contributed by atoms with Gasteiger partial charge in [0.05, 0.1) is 11.9 Å². The van der Waals surface area contributed by atoms with E-state index in [1.54, 1.807) is 4.90 Å². The first-order chi connectivity index (χ1) is 9.06. The lowest BCUT2D eigenvalue weighted by Gasteiger charge is -2.18. The lowest BCUT2D eigenvalue weighted by atomic mass is 10.3. The molecule has 100 valence electrons. The average molecular weight is 305 g/mol. The van der Waals surface area contributed by atoms with E-state index in [9.17, 15) is 8.78 Å². The molecule has 19 heavy (non-hydrogen) atoms. The molecular formula is C11H8Cl2F2N4. The first-order valence-corrected chi connectivity index (χ1v) is 6.38. The van der Waals surface area contributed by atoms with Crippen molar-refractivity contribution in [2.45, 2.75) is 12.6 Å². The maximum atomic E-state index is 13.9. The Morgan fingerprint density at radius 1 is 1.32 bits per heavy atom. The fourth-order valence-corrected chi connectivity index (χ4v) is 2.45. The molecule has 0 aliphatic carbocycles. The van der Waals surface area contributed by atoms with Crippen LogP contribution in [0.5, 0.6) is 0 Å². The van der Waals surface area contributed by atoms with Crippen LogP contribution in [0, 0.1) is 5.82 Å². The average Bonchev–Trinajstić information content (AvgIpc) is 2.80. The molecule has 3 heterocycles. The standard InChI is InChI=1S/C11H8Cl2F2N4/c12-9-7(15)8-6(3-16-9)10(18-11(13)17-8)19-2-1-5(14)4-19/h3,5H,1-2,4H2. The SMILES string of the molecule is Fc1c(Cl)ncc2c(N3CCC(F)C3)nc(Cl)nc12. The molecule has 0 amide bonds. The van der Waals surface area contributed by atoms with Crippen LogP contribution in [0.15, 0.2) is 6.20 Å². The van der Waals surface area contributed by atoms with Crippen LogP contribution in [0.4, 0.5) is 14.6 Å². The van der Waals surface area contributed by atoms with Crippen LogP contribution in [0.25, 0.3) is 10.9 Å². The number of anilines is 1. The molecule has 3 rings (SSSR count). The number of aromatic nitrogens is 3. The maximum Gasteiger partial charge on any atom is 0.225 e. The molecule has 1 fully saturated rings. The van der Waals surface area contributed by atoms with E-state index in [-0.39, 0.29) is 22.5 Å². The van der Waals surface area contributed by atoms with Crippen molar-refractivity contribution in [3.8, 4) is 0 Å². The summed E-state index contributed by atoms with van der Waals surface area (Å²) in [7, 11) is 0. The van der Waals surface area contributed by atoms with Crippen LogP contribution in [-0.4, -0.2) is 34.2 Å². The summed E-state index contributed by atoms with van der Waals surface area (Å²) in [5.74, 6) is -0.362. The zero-order chi connectivity index (χ0) is 13.6. The largest absolute Gasteiger partial charge is 0.353 e. The van der Waals surface area contributed by atoms with Crippen LogP contribution >= 0.6 is 23.2 Å². The highest BCUT2D eigenvalue weighted by Crippen LogP contribution is 2.31. The van der Waals surface area contributed by atoms with Crippen molar-refractivity contribution in [2.24, 2.45) is 0 Å². The molecule has 4 nitrogen and oxygen atoms in total. The van der Waals surface area contributed by atoms with Gasteiger partial charge in [-0.1, -0.05) is 11.6 Å². The first kappa shape index (κ1) is 12.7. The van der Waals surface area contributed by atoms with Gasteiger partial charge in [0.15, 0.2) is 11.0 Å². The Kier molecular flexibility index (Phi) is 3.14. The van der Waals surface area contributed by atoms with Crippen molar-refractivity contribution < 1.29 is 8.78 Å². The van der Waals surface area contributed by atoms with Gasteiger partial charge in [-0.15, -0.1) is 0 Å². The Hall–Kier alpha value is -1.27. The van der Waals surface area contributed by atoms with Gasteiger partial charge in [0.2, 0.25) is 5.28 Å². The Labute approximate surface area is 117 Å². The number of alkyl halides is 1. The lowest BCUT2D eigenvalue weighted by molar-refractivity contribution is 0.364. The van der Waals surface area contributed by atoms with Gasteiger partial charge in [-0.2, -0.15) is 4.98 Å². The van der Waals surface area contributed by atoms with Crippen LogP contribution in [0.1, 0.15) is 6.42 Å². The highest BCUT2D eigenvalue weighted by atomic mass is 35.5. The van der Waals surface area contributed by atoms with E-state index in [4.69, 9.17) is 23.2 Å². The summed E-state index contributed by atoms with van der Waals surface area (Å²) < 4.78 is 27.2. The molecule has 1 aliphatic rings. The Morgan fingerprint density at radius 3 is 2.79 bits per heavy atom. The lowest BCUT2D eigenvalue weighted by Crippen LogP contribution is -2.22. The molecule has 1 unspecified atom stereocenters. The normalized spacial score (nSPS) is 19.4. The van der Waals surface area contributed by atoms with E-state index in [0.717, 1.165) is 0 Å². The van der Waals surface area contributed by atoms with Gasteiger partial charge in [-0.3, -0.25) is 0 Å². The van der Waals surface area contributed by atoms with Crippen LogP contribution in [0.2, 0.25) is 10.4 Å².